The van der Waals surface area contributed by atoms with Crippen LogP contribution < -0.4 is 5.32 Å². The number of carboxylic acid groups (broad SMARTS) is 1. The second kappa shape index (κ2) is 5.62. The number of nitrogens with one attached hydrogen (secondary N) is 1. The zero-order valence-electron chi connectivity index (χ0n) is 9.55. The summed E-state index contributed by atoms with van der Waals surface area (Å²) < 4.78 is 0. The lowest BCUT2D eigenvalue weighted by molar-refractivity contribution is -0.142. The van der Waals surface area contributed by atoms with Crippen LogP contribution in [0.2, 0.25) is 0 Å². The Hall–Kier alpha value is -1.63. The topological polar surface area (TPSA) is 107 Å². The van der Waals surface area contributed by atoms with Gasteiger partial charge in [0.15, 0.2) is 0 Å². The molecular formula is C10H16N2O5. The number of rotatable bonds is 5. The molecule has 7 nitrogen and oxygen atoms in total. The summed E-state index contributed by atoms with van der Waals surface area (Å²) in [6.07, 6.45) is 0.0609. The molecule has 0 radical (unpaired) electrons. The van der Waals surface area contributed by atoms with Crippen LogP contribution in [0.5, 0.6) is 0 Å². The Balaban J connectivity index is 2.53. The standard InChI is InChI=1S/C10H16N2O5/c1-12-5-6(4-8(12)14)9(15)11-7(2-3-13)10(16)17/h6-7,13H,2-5H2,1H3,(H,11,15)(H,16,17)/t6?,7-/m0/s1. The highest BCUT2D eigenvalue weighted by atomic mass is 16.4. The number of nitrogens with zero attached hydrogens (tertiary/aromatic N) is 1. The van der Waals surface area contributed by atoms with Gasteiger partial charge in [-0.15, -0.1) is 0 Å². The van der Waals surface area contributed by atoms with Gasteiger partial charge in [0, 0.05) is 33.0 Å². The molecule has 3 N–H and O–H groups in total. The number of carboxylic acids is 1. The van der Waals surface area contributed by atoms with Gasteiger partial charge in [-0.05, 0) is 0 Å². The largest absolute Gasteiger partial charge is 0.480 e. The number of hydrogen-bond acceptors (Lipinski definition) is 4. The van der Waals surface area contributed by atoms with Gasteiger partial charge in [0.05, 0.1) is 5.92 Å². The minimum atomic E-state index is -1.19. The summed E-state index contributed by atoms with van der Waals surface area (Å²) in [5.74, 6) is -2.28. The molecule has 2 atom stereocenters. The van der Waals surface area contributed by atoms with Crippen LogP contribution in [0.1, 0.15) is 12.8 Å². The summed E-state index contributed by atoms with van der Waals surface area (Å²) in [4.78, 5) is 35.1. The third kappa shape index (κ3) is 3.42. The van der Waals surface area contributed by atoms with Crippen LogP contribution in [-0.4, -0.2) is 59.1 Å². The van der Waals surface area contributed by atoms with E-state index in [1.807, 2.05) is 0 Å². The SMILES string of the molecule is CN1CC(C(=O)N[C@@H](CCO)C(=O)O)CC1=O. The first-order valence-corrected chi connectivity index (χ1v) is 5.33. The van der Waals surface area contributed by atoms with Gasteiger partial charge < -0.3 is 20.4 Å². The minimum Gasteiger partial charge on any atom is -0.480 e. The van der Waals surface area contributed by atoms with Gasteiger partial charge in [0.25, 0.3) is 0 Å². The van der Waals surface area contributed by atoms with Crippen molar-refractivity contribution in [1.29, 1.82) is 0 Å². The molecule has 0 saturated carbocycles. The number of carbonyl (C=O) groups excluding carboxylic acids is 2. The van der Waals surface area contributed by atoms with Gasteiger partial charge in [-0.3, -0.25) is 9.59 Å². The molecule has 1 aliphatic rings. The number of aliphatic hydroxyl groups excluding tert-OH is 1. The predicted molar refractivity (Wildman–Crippen MR) is 57.0 cm³/mol. The molecular weight excluding hydrogens is 228 g/mol. The highest BCUT2D eigenvalue weighted by Gasteiger charge is 2.33. The Morgan fingerprint density at radius 1 is 1.59 bits per heavy atom. The summed E-state index contributed by atoms with van der Waals surface area (Å²) in [6, 6.07) is -1.10. The molecule has 1 aliphatic heterocycles. The van der Waals surface area contributed by atoms with Crippen LogP contribution in [0, 0.1) is 5.92 Å². The molecule has 0 aromatic heterocycles. The van der Waals surface area contributed by atoms with Crippen LogP contribution in [0.15, 0.2) is 0 Å². The number of amides is 2. The van der Waals surface area contributed by atoms with E-state index in [4.69, 9.17) is 10.2 Å². The highest BCUT2D eigenvalue weighted by Crippen LogP contribution is 2.16. The van der Waals surface area contributed by atoms with Crippen LogP contribution in [-0.2, 0) is 14.4 Å². The quantitative estimate of drug-likeness (QED) is 0.541. The molecule has 96 valence electrons. The van der Waals surface area contributed by atoms with E-state index in [2.05, 4.69) is 5.32 Å². The van der Waals surface area contributed by atoms with Crippen LogP contribution in [0.4, 0.5) is 0 Å². The average Bonchev–Trinajstić information content (AvgIpc) is 2.58. The summed E-state index contributed by atoms with van der Waals surface area (Å²) in [5.41, 5.74) is 0. The second-order valence-electron chi connectivity index (χ2n) is 4.09. The summed E-state index contributed by atoms with van der Waals surface area (Å²) in [5, 5.41) is 19.8. The number of likely N-dealkylation sites (tertiary alicyclic amines) is 1. The van der Waals surface area contributed by atoms with Crippen LogP contribution >= 0.6 is 0 Å². The third-order valence-electron chi connectivity index (χ3n) is 2.74. The zero-order valence-corrected chi connectivity index (χ0v) is 9.55. The monoisotopic (exact) mass is 244 g/mol. The van der Waals surface area contributed by atoms with Gasteiger partial charge in [-0.25, -0.2) is 4.79 Å². The molecule has 1 rings (SSSR count). The van der Waals surface area contributed by atoms with Crippen LogP contribution in [0.3, 0.4) is 0 Å². The van der Waals surface area contributed by atoms with Crippen molar-refractivity contribution in [2.45, 2.75) is 18.9 Å². The molecule has 0 spiro atoms. The predicted octanol–water partition coefficient (Wildman–Crippen LogP) is -1.58. The van der Waals surface area contributed by atoms with Crippen molar-refractivity contribution >= 4 is 17.8 Å². The van der Waals surface area contributed by atoms with Crippen molar-refractivity contribution in [3.8, 4) is 0 Å². The fourth-order valence-corrected chi connectivity index (χ4v) is 1.72. The Morgan fingerprint density at radius 2 is 2.24 bits per heavy atom. The maximum atomic E-state index is 11.7. The Kier molecular flexibility index (Phi) is 4.45. The summed E-state index contributed by atoms with van der Waals surface area (Å²) in [6.45, 7) is -0.0170. The van der Waals surface area contributed by atoms with Crippen molar-refractivity contribution in [1.82, 2.24) is 10.2 Å². The molecule has 17 heavy (non-hydrogen) atoms. The summed E-state index contributed by atoms with van der Waals surface area (Å²) >= 11 is 0. The Labute approximate surface area is 98.4 Å². The molecule has 1 heterocycles. The normalized spacial score (nSPS) is 21.4. The lowest BCUT2D eigenvalue weighted by Crippen LogP contribution is -2.44. The molecule has 1 saturated heterocycles. The Bertz CT molecular complexity index is 331. The molecule has 0 bridgehead atoms. The van der Waals surface area contributed by atoms with Crippen molar-refractivity contribution in [2.24, 2.45) is 5.92 Å². The van der Waals surface area contributed by atoms with Gasteiger partial charge in [-0.1, -0.05) is 0 Å². The average molecular weight is 244 g/mol. The van der Waals surface area contributed by atoms with Gasteiger partial charge in [0.1, 0.15) is 6.04 Å². The van der Waals surface area contributed by atoms with E-state index in [1.165, 1.54) is 4.90 Å². The van der Waals surface area contributed by atoms with Crippen LogP contribution in [0.25, 0.3) is 0 Å². The molecule has 0 aliphatic carbocycles. The fraction of sp³-hybridized carbons (Fsp3) is 0.700. The van der Waals surface area contributed by atoms with Gasteiger partial charge in [0.2, 0.25) is 11.8 Å². The Morgan fingerprint density at radius 3 is 2.65 bits per heavy atom. The van der Waals surface area contributed by atoms with E-state index in [0.29, 0.717) is 6.54 Å². The van der Waals surface area contributed by atoms with E-state index < -0.39 is 23.8 Å². The van der Waals surface area contributed by atoms with E-state index in [0.717, 1.165) is 0 Å². The molecule has 2 amide bonds. The van der Waals surface area contributed by atoms with Gasteiger partial charge >= 0.3 is 5.97 Å². The maximum Gasteiger partial charge on any atom is 0.326 e. The van der Waals surface area contributed by atoms with E-state index in [9.17, 15) is 14.4 Å². The lowest BCUT2D eigenvalue weighted by atomic mass is 10.1. The third-order valence-corrected chi connectivity index (χ3v) is 2.74. The minimum absolute atomic E-state index is 0.0441. The molecule has 1 fully saturated rings. The van der Waals surface area contributed by atoms with E-state index in [-0.39, 0.29) is 25.4 Å². The first-order valence-electron chi connectivity index (χ1n) is 5.33. The lowest BCUT2D eigenvalue weighted by Gasteiger charge is -2.16. The molecule has 0 aromatic rings. The summed E-state index contributed by atoms with van der Waals surface area (Å²) in [7, 11) is 1.60. The van der Waals surface area contributed by atoms with Crippen molar-refractivity contribution in [3.05, 3.63) is 0 Å². The fourth-order valence-electron chi connectivity index (χ4n) is 1.72. The highest BCUT2D eigenvalue weighted by molar-refractivity contribution is 5.91. The molecule has 7 heteroatoms. The first-order chi connectivity index (χ1) is 7.95. The first kappa shape index (κ1) is 13.4. The molecule has 0 aromatic carbocycles. The second-order valence-corrected chi connectivity index (χ2v) is 4.09. The number of aliphatic hydroxyl groups is 1. The zero-order chi connectivity index (χ0) is 13.0. The van der Waals surface area contributed by atoms with E-state index >= 15 is 0 Å². The van der Waals surface area contributed by atoms with E-state index in [1.54, 1.807) is 7.05 Å². The van der Waals surface area contributed by atoms with Crippen molar-refractivity contribution in [3.63, 3.8) is 0 Å². The van der Waals surface area contributed by atoms with Crippen molar-refractivity contribution < 1.29 is 24.6 Å². The number of hydrogen-bond donors (Lipinski definition) is 3. The van der Waals surface area contributed by atoms with Gasteiger partial charge in [-0.2, -0.15) is 0 Å². The number of carbonyl (C=O) groups is 3. The molecule has 1 unspecified atom stereocenters. The maximum absolute atomic E-state index is 11.7. The van der Waals surface area contributed by atoms with Crippen molar-refractivity contribution in [2.75, 3.05) is 20.2 Å². The number of aliphatic carboxylic acids is 1. The smallest absolute Gasteiger partial charge is 0.326 e.